The fourth-order valence-corrected chi connectivity index (χ4v) is 5.19. The predicted octanol–water partition coefficient (Wildman–Crippen LogP) is 3.29. The molecule has 1 N–H and O–H groups in total. The third-order valence-corrected chi connectivity index (χ3v) is 6.41. The lowest BCUT2D eigenvalue weighted by atomic mass is 9.89. The van der Waals surface area contributed by atoms with E-state index in [1.807, 2.05) is 12.1 Å². The molecule has 1 amide bonds. The van der Waals surface area contributed by atoms with Crippen molar-refractivity contribution in [3.63, 3.8) is 0 Å². The van der Waals surface area contributed by atoms with Crippen LogP contribution in [0, 0.1) is 5.92 Å². The van der Waals surface area contributed by atoms with E-state index in [0.29, 0.717) is 30.3 Å². The molecule has 3 aliphatic rings. The van der Waals surface area contributed by atoms with Crippen molar-refractivity contribution in [2.24, 2.45) is 5.92 Å². The maximum atomic E-state index is 13.1. The molecule has 0 saturated carbocycles. The third kappa shape index (κ3) is 3.41. The Labute approximate surface area is 156 Å². The van der Waals surface area contributed by atoms with Crippen molar-refractivity contribution in [1.82, 2.24) is 10.2 Å². The lowest BCUT2D eigenvalue weighted by Crippen LogP contribution is -2.40. The summed E-state index contributed by atoms with van der Waals surface area (Å²) in [5.41, 5.74) is 1.10. The summed E-state index contributed by atoms with van der Waals surface area (Å²) in [7, 11) is 3.34. The van der Waals surface area contributed by atoms with E-state index in [1.165, 1.54) is 12.8 Å². The molecule has 3 heterocycles. The van der Waals surface area contributed by atoms with Crippen LogP contribution in [0.2, 0.25) is 0 Å². The van der Waals surface area contributed by atoms with Crippen LogP contribution in [0.1, 0.15) is 56.6 Å². The molecule has 1 aromatic rings. The minimum Gasteiger partial charge on any atom is -0.497 e. The lowest BCUT2D eigenvalue weighted by Gasteiger charge is -2.32. The number of piperidine rings is 1. The van der Waals surface area contributed by atoms with E-state index in [1.54, 1.807) is 14.2 Å². The summed E-state index contributed by atoms with van der Waals surface area (Å²) in [6, 6.07) is 7.34. The Morgan fingerprint density at radius 1 is 1.15 bits per heavy atom. The van der Waals surface area contributed by atoms with Gasteiger partial charge in [0, 0.05) is 36.7 Å². The number of benzene rings is 1. The minimum atomic E-state index is 0.127. The molecule has 3 saturated heterocycles. The highest BCUT2D eigenvalue weighted by Crippen LogP contribution is 2.40. The second-order valence-corrected chi connectivity index (χ2v) is 8.03. The number of fused-ring (bicyclic) bond motifs is 2. The van der Waals surface area contributed by atoms with Crippen molar-refractivity contribution in [2.75, 3.05) is 20.8 Å². The quantitative estimate of drug-likeness (QED) is 0.878. The van der Waals surface area contributed by atoms with E-state index in [0.717, 1.165) is 49.3 Å². The molecule has 0 aromatic heterocycles. The number of carbonyl (C=O) groups excluding carboxylic acids is 1. The molecule has 4 rings (SSSR count). The van der Waals surface area contributed by atoms with Gasteiger partial charge in [0.1, 0.15) is 11.5 Å². The number of amides is 1. The van der Waals surface area contributed by atoms with Crippen LogP contribution in [0.5, 0.6) is 11.5 Å². The van der Waals surface area contributed by atoms with Crippen molar-refractivity contribution < 1.29 is 14.3 Å². The number of nitrogens with one attached hydrogen (secondary N) is 1. The average molecular weight is 358 g/mol. The molecule has 26 heavy (non-hydrogen) atoms. The zero-order chi connectivity index (χ0) is 18.1. The molecule has 1 aromatic carbocycles. The zero-order valence-electron chi connectivity index (χ0n) is 15.9. The first-order valence-electron chi connectivity index (χ1n) is 9.95. The summed E-state index contributed by atoms with van der Waals surface area (Å²) in [6.07, 6.45) is 7.65. The first-order chi connectivity index (χ1) is 12.7. The van der Waals surface area contributed by atoms with Gasteiger partial charge in [-0.2, -0.15) is 0 Å². The average Bonchev–Trinajstić information content (AvgIpc) is 3.27. The third-order valence-electron chi connectivity index (χ3n) is 6.41. The Morgan fingerprint density at radius 3 is 2.62 bits per heavy atom. The van der Waals surface area contributed by atoms with Crippen LogP contribution in [0.25, 0.3) is 0 Å². The monoisotopic (exact) mass is 358 g/mol. The first kappa shape index (κ1) is 17.7. The number of nitrogens with zero attached hydrogens (tertiary/aromatic N) is 1. The van der Waals surface area contributed by atoms with Crippen LogP contribution in [-0.4, -0.2) is 43.7 Å². The molecule has 0 aliphatic carbocycles. The molecule has 5 nitrogen and oxygen atoms in total. The van der Waals surface area contributed by atoms with Gasteiger partial charge in [-0.25, -0.2) is 0 Å². The number of ether oxygens (including phenoxy) is 2. The van der Waals surface area contributed by atoms with Gasteiger partial charge in [-0.05, 0) is 56.6 Å². The Morgan fingerprint density at radius 2 is 1.92 bits per heavy atom. The number of methoxy groups -OCH3 is 2. The number of carbonyl (C=O) groups is 1. The molecule has 3 atom stereocenters. The SMILES string of the molecule is COc1ccc(C2CCCN2C(=O)CC2CC3CCC(C2)N3)c(OC)c1. The lowest BCUT2D eigenvalue weighted by molar-refractivity contribution is -0.133. The second-order valence-electron chi connectivity index (χ2n) is 8.03. The van der Waals surface area contributed by atoms with Crippen molar-refractivity contribution in [3.05, 3.63) is 23.8 Å². The Kier molecular flexibility index (Phi) is 5.07. The summed E-state index contributed by atoms with van der Waals surface area (Å²) in [5.74, 6) is 2.46. The van der Waals surface area contributed by atoms with Gasteiger partial charge in [0.15, 0.2) is 0 Å². The topological polar surface area (TPSA) is 50.8 Å². The zero-order valence-corrected chi connectivity index (χ0v) is 15.9. The molecule has 3 unspecified atom stereocenters. The van der Waals surface area contributed by atoms with Crippen LogP contribution < -0.4 is 14.8 Å². The maximum absolute atomic E-state index is 13.1. The maximum Gasteiger partial charge on any atom is 0.223 e. The number of likely N-dealkylation sites (tertiary alicyclic amines) is 1. The summed E-state index contributed by atoms with van der Waals surface area (Å²) in [4.78, 5) is 15.2. The Balaban J connectivity index is 1.47. The molecule has 0 radical (unpaired) electrons. The predicted molar refractivity (Wildman–Crippen MR) is 101 cm³/mol. The normalized spacial score (nSPS) is 30.5. The van der Waals surface area contributed by atoms with Gasteiger partial charge in [-0.3, -0.25) is 4.79 Å². The van der Waals surface area contributed by atoms with Crippen LogP contribution in [0.3, 0.4) is 0 Å². The van der Waals surface area contributed by atoms with E-state index >= 15 is 0 Å². The van der Waals surface area contributed by atoms with Gasteiger partial charge in [0.2, 0.25) is 5.91 Å². The fraction of sp³-hybridized carbons (Fsp3) is 0.667. The molecule has 5 heteroatoms. The molecular formula is C21H30N2O3. The highest BCUT2D eigenvalue weighted by Gasteiger charge is 2.37. The largest absolute Gasteiger partial charge is 0.497 e. The summed E-state index contributed by atoms with van der Waals surface area (Å²) < 4.78 is 10.9. The van der Waals surface area contributed by atoms with E-state index in [9.17, 15) is 4.79 Å². The number of hydrogen-bond acceptors (Lipinski definition) is 4. The standard InChI is InChI=1S/C21H30N2O3/c1-25-17-7-8-18(20(13-17)26-2)19-4-3-9-23(19)21(24)12-14-10-15-5-6-16(11-14)22-15/h7-8,13-16,19,22H,3-6,9-12H2,1-2H3. The van der Waals surface area contributed by atoms with Crippen LogP contribution in [-0.2, 0) is 4.79 Å². The smallest absolute Gasteiger partial charge is 0.223 e. The minimum absolute atomic E-state index is 0.127. The summed E-state index contributed by atoms with van der Waals surface area (Å²) in [5, 5.41) is 3.67. The molecular weight excluding hydrogens is 328 g/mol. The van der Waals surface area contributed by atoms with Gasteiger partial charge >= 0.3 is 0 Å². The van der Waals surface area contributed by atoms with E-state index in [4.69, 9.17) is 9.47 Å². The van der Waals surface area contributed by atoms with Crippen LogP contribution in [0.4, 0.5) is 0 Å². The highest BCUT2D eigenvalue weighted by atomic mass is 16.5. The van der Waals surface area contributed by atoms with Crippen molar-refractivity contribution in [2.45, 2.75) is 63.1 Å². The van der Waals surface area contributed by atoms with Gasteiger partial charge < -0.3 is 19.7 Å². The van der Waals surface area contributed by atoms with E-state index in [-0.39, 0.29) is 6.04 Å². The fourth-order valence-electron chi connectivity index (χ4n) is 5.19. The van der Waals surface area contributed by atoms with Gasteiger partial charge in [0.05, 0.1) is 20.3 Å². The molecule has 142 valence electrons. The van der Waals surface area contributed by atoms with Crippen LogP contribution in [0.15, 0.2) is 18.2 Å². The van der Waals surface area contributed by atoms with Gasteiger partial charge in [-0.1, -0.05) is 0 Å². The van der Waals surface area contributed by atoms with Crippen molar-refractivity contribution in [3.8, 4) is 11.5 Å². The van der Waals surface area contributed by atoms with Gasteiger partial charge in [-0.15, -0.1) is 0 Å². The number of hydrogen-bond donors (Lipinski definition) is 1. The van der Waals surface area contributed by atoms with Crippen molar-refractivity contribution in [1.29, 1.82) is 0 Å². The molecule has 2 bridgehead atoms. The second kappa shape index (κ2) is 7.47. The van der Waals surface area contributed by atoms with E-state index in [2.05, 4.69) is 16.3 Å². The number of rotatable bonds is 5. The highest BCUT2D eigenvalue weighted by molar-refractivity contribution is 5.77. The van der Waals surface area contributed by atoms with Crippen molar-refractivity contribution >= 4 is 5.91 Å². The first-order valence-corrected chi connectivity index (χ1v) is 9.95. The van der Waals surface area contributed by atoms with E-state index < -0.39 is 0 Å². The van der Waals surface area contributed by atoms with Crippen LogP contribution >= 0.6 is 0 Å². The molecule has 3 aliphatic heterocycles. The summed E-state index contributed by atoms with van der Waals surface area (Å²) >= 11 is 0. The summed E-state index contributed by atoms with van der Waals surface area (Å²) in [6.45, 7) is 0.858. The molecule has 3 fully saturated rings. The Hall–Kier alpha value is -1.75. The van der Waals surface area contributed by atoms with Gasteiger partial charge in [0.25, 0.3) is 0 Å². The molecule has 0 spiro atoms. The Bertz CT molecular complexity index is 651.